The summed E-state index contributed by atoms with van der Waals surface area (Å²) in [5.41, 5.74) is 0.363. The Morgan fingerprint density at radius 3 is 2.56 bits per heavy atom. The SMILES string of the molecule is Cc1cc(OC(C)C(=O)O)nc(NC(=O)NS(=O)(=O)c2ccccc2Cl)n1. The molecule has 1 aromatic carbocycles. The molecule has 144 valence electrons. The first-order valence-corrected chi connectivity index (χ1v) is 9.28. The van der Waals surface area contributed by atoms with Crippen LogP contribution in [0.5, 0.6) is 5.88 Å². The highest BCUT2D eigenvalue weighted by molar-refractivity contribution is 7.90. The number of nitrogens with one attached hydrogen (secondary N) is 2. The topological polar surface area (TPSA) is 148 Å². The number of rotatable bonds is 6. The highest BCUT2D eigenvalue weighted by atomic mass is 35.5. The van der Waals surface area contributed by atoms with E-state index < -0.39 is 28.1 Å². The van der Waals surface area contributed by atoms with Crippen molar-refractivity contribution in [1.82, 2.24) is 14.7 Å². The van der Waals surface area contributed by atoms with Gasteiger partial charge >= 0.3 is 12.0 Å². The van der Waals surface area contributed by atoms with Gasteiger partial charge in [-0.15, -0.1) is 0 Å². The van der Waals surface area contributed by atoms with Crippen LogP contribution in [0.4, 0.5) is 10.7 Å². The van der Waals surface area contributed by atoms with Crippen molar-refractivity contribution in [2.24, 2.45) is 0 Å². The predicted octanol–water partition coefficient (Wildman–Crippen LogP) is 1.80. The lowest BCUT2D eigenvalue weighted by molar-refractivity contribution is -0.144. The number of ether oxygens (including phenoxy) is 1. The third-order valence-corrected chi connectivity index (χ3v) is 4.89. The van der Waals surface area contributed by atoms with Crippen LogP contribution < -0.4 is 14.8 Å². The van der Waals surface area contributed by atoms with E-state index in [1.54, 1.807) is 17.7 Å². The van der Waals surface area contributed by atoms with Crippen LogP contribution >= 0.6 is 11.6 Å². The number of carboxylic acid groups (broad SMARTS) is 1. The Labute approximate surface area is 159 Å². The zero-order valence-electron chi connectivity index (χ0n) is 14.1. The fourth-order valence-electron chi connectivity index (χ4n) is 1.85. The summed E-state index contributed by atoms with van der Waals surface area (Å²) in [6.45, 7) is 2.86. The van der Waals surface area contributed by atoms with Gasteiger partial charge in [0.15, 0.2) is 6.10 Å². The molecular formula is C15H15ClN4O6S. The van der Waals surface area contributed by atoms with Crippen molar-refractivity contribution >= 4 is 39.6 Å². The third-order valence-electron chi connectivity index (χ3n) is 3.05. The summed E-state index contributed by atoms with van der Waals surface area (Å²) in [6.07, 6.45) is -1.18. The Morgan fingerprint density at radius 1 is 1.26 bits per heavy atom. The summed E-state index contributed by atoms with van der Waals surface area (Å²) in [4.78, 5) is 30.3. The Hall–Kier alpha value is -2.92. The monoisotopic (exact) mass is 414 g/mol. The van der Waals surface area contributed by atoms with Crippen LogP contribution in [0.3, 0.4) is 0 Å². The van der Waals surface area contributed by atoms with Gasteiger partial charge in [0.1, 0.15) is 4.90 Å². The molecule has 10 nitrogen and oxygen atoms in total. The molecule has 0 bridgehead atoms. The van der Waals surface area contributed by atoms with Crippen molar-refractivity contribution < 1.29 is 27.9 Å². The summed E-state index contributed by atoms with van der Waals surface area (Å²) >= 11 is 5.83. The fraction of sp³-hybridized carbons (Fsp3) is 0.200. The van der Waals surface area contributed by atoms with Crippen LogP contribution in [0.1, 0.15) is 12.6 Å². The van der Waals surface area contributed by atoms with Gasteiger partial charge in [-0.05, 0) is 26.0 Å². The molecule has 3 N–H and O–H groups in total. The quantitative estimate of drug-likeness (QED) is 0.648. The number of halogens is 1. The molecule has 1 heterocycles. The van der Waals surface area contributed by atoms with E-state index in [4.69, 9.17) is 21.4 Å². The fourth-order valence-corrected chi connectivity index (χ4v) is 3.28. The van der Waals surface area contributed by atoms with Crippen molar-refractivity contribution in [3.63, 3.8) is 0 Å². The Bertz CT molecular complexity index is 982. The summed E-state index contributed by atoms with van der Waals surface area (Å²) in [5, 5.41) is 11.0. The van der Waals surface area contributed by atoms with Crippen LogP contribution in [0.15, 0.2) is 35.2 Å². The second-order valence-corrected chi connectivity index (χ2v) is 7.32. The molecule has 0 aliphatic carbocycles. The van der Waals surface area contributed by atoms with Crippen LogP contribution in [0.25, 0.3) is 0 Å². The average molecular weight is 415 g/mol. The van der Waals surface area contributed by atoms with E-state index in [9.17, 15) is 18.0 Å². The molecule has 27 heavy (non-hydrogen) atoms. The van der Waals surface area contributed by atoms with E-state index >= 15 is 0 Å². The van der Waals surface area contributed by atoms with E-state index in [0.29, 0.717) is 5.69 Å². The second kappa shape index (κ2) is 8.18. The summed E-state index contributed by atoms with van der Waals surface area (Å²) in [5.74, 6) is -1.57. The second-order valence-electron chi connectivity index (χ2n) is 5.26. The van der Waals surface area contributed by atoms with Gasteiger partial charge in [0.2, 0.25) is 11.8 Å². The predicted molar refractivity (Wildman–Crippen MR) is 95.3 cm³/mol. The number of hydrogen-bond acceptors (Lipinski definition) is 7. The normalized spacial score (nSPS) is 12.1. The lowest BCUT2D eigenvalue weighted by Gasteiger charge is -2.12. The maximum absolute atomic E-state index is 12.2. The molecule has 0 aliphatic heterocycles. The molecular weight excluding hydrogens is 400 g/mol. The number of carboxylic acids is 1. The zero-order valence-corrected chi connectivity index (χ0v) is 15.7. The molecule has 2 rings (SSSR count). The van der Waals surface area contributed by atoms with Gasteiger partial charge in [0.25, 0.3) is 10.0 Å². The molecule has 1 unspecified atom stereocenters. The number of nitrogens with zero attached hydrogens (tertiary/aromatic N) is 2. The maximum Gasteiger partial charge on any atom is 0.344 e. The van der Waals surface area contributed by atoms with E-state index in [1.165, 1.54) is 31.2 Å². The van der Waals surface area contributed by atoms with Crippen LogP contribution in [0, 0.1) is 6.92 Å². The lowest BCUT2D eigenvalue weighted by Crippen LogP contribution is -2.35. The van der Waals surface area contributed by atoms with Gasteiger partial charge in [-0.1, -0.05) is 23.7 Å². The number of benzene rings is 1. The van der Waals surface area contributed by atoms with E-state index in [0.717, 1.165) is 0 Å². The highest BCUT2D eigenvalue weighted by Crippen LogP contribution is 2.20. The average Bonchev–Trinajstić information content (AvgIpc) is 2.53. The highest BCUT2D eigenvalue weighted by Gasteiger charge is 2.21. The third kappa shape index (κ3) is 5.53. The Morgan fingerprint density at radius 2 is 1.93 bits per heavy atom. The molecule has 1 aromatic heterocycles. The molecule has 2 aromatic rings. The van der Waals surface area contributed by atoms with Gasteiger partial charge in [-0.3, -0.25) is 5.32 Å². The molecule has 2 amide bonds. The number of aromatic nitrogens is 2. The van der Waals surface area contributed by atoms with Crippen molar-refractivity contribution in [2.45, 2.75) is 24.8 Å². The number of amides is 2. The maximum atomic E-state index is 12.2. The number of carbonyl (C=O) groups is 2. The minimum absolute atomic E-state index is 0.0528. The van der Waals surface area contributed by atoms with Crippen LogP contribution in [-0.2, 0) is 14.8 Å². The number of aliphatic carboxylic acids is 1. The van der Waals surface area contributed by atoms with Gasteiger partial charge in [0.05, 0.1) is 5.02 Å². The van der Waals surface area contributed by atoms with Gasteiger partial charge in [-0.2, -0.15) is 4.98 Å². The minimum Gasteiger partial charge on any atom is -0.479 e. The molecule has 12 heteroatoms. The number of carbonyl (C=O) groups excluding carboxylic acids is 1. The molecule has 0 fully saturated rings. The smallest absolute Gasteiger partial charge is 0.344 e. The number of anilines is 1. The number of aryl methyl sites for hydroxylation is 1. The standard InChI is InChI=1S/C15H15ClN4O6S/c1-8-7-12(26-9(2)13(21)22)18-14(17-8)19-15(23)20-27(24,25)11-6-4-3-5-10(11)16/h3-7,9H,1-2H3,(H,21,22)(H2,17,18,19,20,23). The van der Waals surface area contributed by atoms with Crippen LogP contribution in [-0.4, -0.2) is 41.6 Å². The van der Waals surface area contributed by atoms with Gasteiger partial charge in [0, 0.05) is 11.8 Å². The number of urea groups is 1. The Kier molecular flexibility index (Phi) is 6.18. The summed E-state index contributed by atoms with van der Waals surface area (Å²) in [7, 11) is -4.22. The molecule has 1 atom stereocenters. The van der Waals surface area contributed by atoms with Crippen molar-refractivity contribution in [3.8, 4) is 5.88 Å². The first-order chi connectivity index (χ1) is 12.6. The zero-order chi connectivity index (χ0) is 20.2. The van der Waals surface area contributed by atoms with E-state index in [-0.39, 0.29) is 21.7 Å². The minimum atomic E-state index is -4.22. The van der Waals surface area contributed by atoms with Crippen molar-refractivity contribution in [2.75, 3.05) is 5.32 Å². The summed E-state index contributed by atoms with van der Waals surface area (Å²) in [6, 6.07) is 5.84. The molecule has 0 aliphatic rings. The van der Waals surface area contributed by atoms with Crippen molar-refractivity contribution in [1.29, 1.82) is 0 Å². The molecule has 0 saturated carbocycles. The molecule has 0 saturated heterocycles. The number of hydrogen-bond donors (Lipinski definition) is 3. The Balaban J connectivity index is 2.15. The lowest BCUT2D eigenvalue weighted by atomic mass is 10.4. The summed E-state index contributed by atoms with van der Waals surface area (Å²) < 4.78 is 31.3. The molecule has 0 spiro atoms. The van der Waals surface area contributed by atoms with E-state index in [1.807, 2.05) is 0 Å². The van der Waals surface area contributed by atoms with Crippen molar-refractivity contribution in [3.05, 3.63) is 41.0 Å². The first-order valence-electron chi connectivity index (χ1n) is 7.42. The first kappa shape index (κ1) is 20.4. The molecule has 0 radical (unpaired) electrons. The van der Waals surface area contributed by atoms with Crippen LogP contribution in [0.2, 0.25) is 5.02 Å². The van der Waals surface area contributed by atoms with Gasteiger partial charge < -0.3 is 9.84 Å². The largest absolute Gasteiger partial charge is 0.479 e. The number of sulfonamides is 1. The van der Waals surface area contributed by atoms with E-state index in [2.05, 4.69) is 15.3 Å². The van der Waals surface area contributed by atoms with Gasteiger partial charge in [-0.25, -0.2) is 27.7 Å².